The maximum absolute atomic E-state index is 10.1. The highest BCUT2D eigenvalue weighted by atomic mass is 16.3. The summed E-state index contributed by atoms with van der Waals surface area (Å²) in [5.41, 5.74) is 0. The number of carbonyl (C=O) groups excluding carboxylic acids is 2. The SMILES string of the molecule is O=C/C=C/CCCCCCC#Cc1ccc(C#CCCCCCC/C=C/C=O)o1. The van der Waals surface area contributed by atoms with Gasteiger partial charge in [-0.2, -0.15) is 0 Å². The van der Waals surface area contributed by atoms with Gasteiger partial charge in [0.15, 0.2) is 11.5 Å². The minimum absolute atomic E-state index is 0.677. The van der Waals surface area contributed by atoms with E-state index in [1.54, 1.807) is 12.2 Å². The highest BCUT2D eigenvalue weighted by molar-refractivity contribution is 5.64. The number of aldehydes is 2. The number of furan rings is 1. The summed E-state index contributed by atoms with van der Waals surface area (Å²) in [6.45, 7) is 0. The predicted octanol–water partition coefficient (Wildman–Crippen LogP) is 6.17. The first kappa shape index (κ1) is 24.3. The topological polar surface area (TPSA) is 47.3 Å². The van der Waals surface area contributed by atoms with Crippen molar-refractivity contribution in [2.75, 3.05) is 0 Å². The van der Waals surface area contributed by atoms with Gasteiger partial charge in [0.05, 0.1) is 0 Å². The van der Waals surface area contributed by atoms with E-state index in [9.17, 15) is 9.59 Å². The van der Waals surface area contributed by atoms with Gasteiger partial charge in [0, 0.05) is 12.8 Å². The lowest BCUT2D eigenvalue weighted by Crippen LogP contribution is -1.77. The maximum atomic E-state index is 10.1. The normalized spacial score (nSPS) is 10.5. The molecule has 0 aliphatic rings. The van der Waals surface area contributed by atoms with Crippen molar-refractivity contribution in [3.8, 4) is 23.7 Å². The first-order valence-electron chi connectivity index (χ1n) is 10.6. The van der Waals surface area contributed by atoms with E-state index < -0.39 is 0 Å². The van der Waals surface area contributed by atoms with E-state index in [2.05, 4.69) is 23.7 Å². The molecule has 0 saturated heterocycles. The summed E-state index contributed by atoms with van der Waals surface area (Å²) in [4.78, 5) is 20.3. The van der Waals surface area contributed by atoms with Crippen LogP contribution in [0.15, 0.2) is 40.9 Å². The summed E-state index contributed by atoms with van der Waals surface area (Å²) >= 11 is 0. The van der Waals surface area contributed by atoms with Gasteiger partial charge in [-0.15, -0.1) is 0 Å². The Bertz CT molecular complexity index is 682. The van der Waals surface area contributed by atoms with E-state index in [1.807, 2.05) is 24.3 Å². The Morgan fingerprint density at radius 2 is 1.10 bits per heavy atom. The Kier molecular flexibility index (Phi) is 15.5. The molecule has 154 valence electrons. The predicted molar refractivity (Wildman–Crippen MR) is 118 cm³/mol. The van der Waals surface area contributed by atoms with E-state index in [0.29, 0.717) is 11.5 Å². The van der Waals surface area contributed by atoms with Crippen molar-refractivity contribution in [1.82, 2.24) is 0 Å². The van der Waals surface area contributed by atoms with Gasteiger partial charge in [0.1, 0.15) is 12.6 Å². The van der Waals surface area contributed by atoms with Crippen molar-refractivity contribution in [3.05, 3.63) is 48.0 Å². The Balaban J connectivity index is 2.10. The van der Waals surface area contributed by atoms with E-state index in [1.165, 1.54) is 12.8 Å². The Labute approximate surface area is 175 Å². The molecule has 1 heterocycles. The quantitative estimate of drug-likeness (QED) is 0.164. The molecule has 1 aromatic rings. The summed E-state index contributed by atoms with van der Waals surface area (Å²) in [6, 6.07) is 3.76. The second-order valence-corrected chi connectivity index (χ2v) is 6.80. The number of unbranched alkanes of at least 4 members (excludes halogenated alkanes) is 10. The van der Waals surface area contributed by atoms with Crippen molar-refractivity contribution in [2.24, 2.45) is 0 Å². The minimum atomic E-state index is 0.677. The van der Waals surface area contributed by atoms with E-state index in [0.717, 1.165) is 76.8 Å². The average Bonchev–Trinajstić information content (AvgIpc) is 3.18. The summed E-state index contributed by atoms with van der Waals surface area (Å²) < 4.78 is 5.63. The van der Waals surface area contributed by atoms with Gasteiger partial charge in [-0.05, 0) is 74.7 Å². The highest BCUT2D eigenvalue weighted by Crippen LogP contribution is 2.08. The molecule has 0 aromatic carbocycles. The Morgan fingerprint density at radius 1 is 0.655 bits per heavy atom. The fourth-order valence-corrected chi connectivity index (χ4v) is 2.73. The molecule has 0 N–H and O–H groups in total. The molecule has 0 saturated carbocycles. The van der Waals surface area contributed by atoms with Crippen molar-refractivity contribution in [1.29, 1.82) is 0 Å². The maximum Gasteiger partial charge on any atom is 0.178 e. The van der Waals surface area contributed by atoms with E-state index in [4.69, 9.17) is 4.42 Å². The molecule has 0 fully saturated rings. The number of hydrogen-bond donors (Lipinski definition) is 0. The van der Waals surface area contributed by atoms with Gasteiger partial charge in [-0.3, -0.25) is 9.59 Å². The highest BCUT2D eigenvalue weighted by Gasteiger charge is 1.95. The van der Waals surface area contributed by atoms with Gasteiger partial charge in [0.25, 0.3) is 0 Å². The van der Waals surface area contributed by atoms with Crippen molar-refractivity contribution < 1.29 is 14.0 Å². The first-order chi connectivity index (χ1) is 14.4. The number of rotatable bonds is 14. The molecule has 3 nitrogen and oxygen atoms in total. The largest absolute Gasteiger partial charge is 0.439 e. The van der Waals surface area contributed by atoms with Gasteiger partial charge in [-0.25, -0.2) is 0 Å². The smallest absolute Gasteiger partial charge is 0.178 e. The lowest BCUT2D eigenvalue weighted by molar-refractivity contribution is -0.104. The van der Waals surface area contributed by atoms with Crippen LogP contribution >= 0.6 is 0 Å². The number of allylic oxidation sites excluding steroid dienone is 4. The van der Waals surface area contributed by atoms with Crippen molar-refractivity contribution in [2.45, 2.75) is 77.0 Å². The minimum Gasteiger partial charge on any atom is -0.439 e. The van der Waals surface area contributed by atoms with Crippen LogP contribution in [0.3, 0.4) is 0 Å². The van der Waals surface area contributed by atoms with Crippen LogP contribution in [-0.2, 0) is 9.59 Å². The van der Waals surface area contributed by atoms with Gasteiger partial charge in [-0.1, -0.05) is 49.7 Å². The van der Waals surface area contributed by atoms with Crippen LogP contribution in [0, 0.1) is 23.7 Å². The molecule has 0 spiro atoms. The zero-order chi connectivity index (χ0) is 20.8. The van der Waals surface area contributed by atoms with Gasteiger partial charge in [0.2, 0.25) is 0 Å². The first-order valence-corrected chi connectivity index (χ1v) is 10.6. The molecular formula is C26H32O3. The van der Waals surface area contributed by atoms with E-state index >= 15 is 0 Å². The summed E-state index contributed by atoms with van der Waals surface area (Å²) in [5.74, 6) is 13.8. The van der Waals surface area contributed by atoms with E-state index in [-0.39, 0.29) is 0 Å². The van der Waals surface area contributed by atoms with Crippen LogP contribution in [0.4, 0.5) is 0 Å². The van der Waals surface area contributed by atoms with Crippen LogP contribution in [0.1, 0.15) is 88.6 Å². The van der Waals surface area contributed by atoms with Crippen LogP contribution < -0.4 is 0 Å². The zero-order valence-electron chi connectivity index (χ0n) is 17.3. The van der Waals surface area contributed by atoms with Crippen LogP contribution in [0.2, 0.25) is 0 Å². The summed E-state index contributed by atoms with van der Waals surface area (Å²) in [7, 11) is 0. The standard InChI is InChI=1S/C26H32O3/c27-23-17-13-9-5-1-3-7-11-15-19-25-21-22-26(29-25)20-16-12-8-4-2-6-10-14-18-24-28/h13-14,17-18,21-24H,1-12H2/b17-13+,18-14+. The molecule has 1 aromatic heterocycles. The molecule has 0 aliphatic carbocycles. The van der Waals surface area contributed by atoms with Crippen LogP contribution in [0.5, 0.6) is 0 Å². The Hall–Kier alpha value is -2.78. The van der Waals surface area contributed by atoms with Crippen LogP contribution in [-0.4, -0.2) is 12.6 Å². The summed E-state index contributed by atoms with van der Waals surface area (Å²) in [6.07, 6.45) is 21.4. The lowest BCUT2D eigenvalue weighted by Gasteiger charge is -1.95. The Morgan fingerprint density at radius 3 is 1.55 bits per heavy atom. The number of hydrogen-bond acceptors (Lipinski definition) is 3. The molecule has 0 amide bonds. The summed E-state index contributed by atoms with van der Waals surface area (Å²) in [5, 5.41) is 0. The second kappa shape index (κ2) is 18.6. The molecule has 29 heavy (non-hydrogen) atoms. The van der Waals surface area contributed by atoms with Crippen LogP contribution in [0.25, 0.3) is 0 Å². The molecule has 0 aliphatic heterocycles. The zero-order valence-corrected chi connectivity index (χ0v) is 17.3. The van der Waals surface area contributed by atoms with Gasteiger partial charge < -0.3 is 4.42 Å². The fraction of sp³-hybridized carbons (Fsp3) is 0.462. The van der Waals surface area contributed by atoms with Crippen molar-refractivity contribution in [3.63, 3.8) is 0 Å². The second-order valence-electron chi connectivity index (χ2n) is 6.80. The molecule has 0 bridgehead atoms. The van der Waals surface area contributed by atoms with Gasteiger partial charge >= 0.3 is 0 Å². The molecule has 0 atom stereocenters. The number of carbonyl (C=O) groups is 2. The lowest BCUT2D eigenvalue weighted by atomic mass is 10.1. The monoisotopic (exact) mass is 392 g/mol. The third-order valence-electron chi connectivity index (χ3n) is 4.30. The van der Waals surface area contributed by atoms with Crippen molar-refractivity contribution >= 4 is 12.6 Å². The molecule has 1 rings (SSSR count). The molecule has 3 heteroatoms. The molecule has 0 radical (unpaired) electrons. The fourth-order valence-electron chi connectivity index (χ4n) is 2.73. The third kappa shape index (κ3) is 14.9. The average molecular weight is 393 g/mol. The third-order valence-corrected chi connectivity index (χ3v) is 4.30. The molecule has 0 unspecified atom stereocenters. The molecular weight excluding hydrogens is 360 g/mol.